The highest BCUT2D eigenvalue weighted by Crippen LogP contribution is 2.40. The second kappa shape index (κ2) is 10.0. The average molecular weight is 535 g/mol. The molecule has 0 unspecified atom stereocenters. The number of methoxy groups -OCH3 is 1. The first-order valence-electron chi connectivity index (χ1n) is 12.7. The van der Waals surface area contributed by atoms with Crippen LogP contribution in [0.4, 0.5) is 0 Å². The van der Waals surface area contributed by atoms with Crippen LogP contribution < -0.4 is 19.6 Å². The van der Waals surface area contributed by atoms with E-state index < -0.39 is 12.0 Å². The fraction of sp³-hybridized carbons (Fsp3) is 0.156. The van der Waals surface area contributed by atoms with Crippen molar-refractivity contribution in [3.05, 3.63) is 121 Å². The summed E-state index contributed by atoms with van der Waals surface area (Å²) in [5.41, 5.74) is 2.30. The van der Waals surface area contributed by atoms with Crippen molar-refractivity contribution in [3.63, 3.8) is 0 Å². The predicted molar refractivity (Wildman–Crippen MR) is 155 cm³/mol. The third-order valence-corrected chi connectivity index (χ3v) is 8.03. The molecule has 0 aliphatic carbocycles. The quantitative estimate of drug-likeness (QED) is 0.294. The smallest absolute Gasteiger partial charge is 0.338 e. The Morgan fingerprint density at radius 3 is 2.41 bits per heavy atom. The van der Waals surface area contributed by atoms with Gasteiger partial charge < -0.3 is 9.47 Å². The van der Waals surface area contributed by atoms with Gasteiger partial charge in [0, 0.05) is 5.56 Å². The number of fused-ring (bicyclic) bond motifs is 3. The van der Waals surface area contributed by atoms with Gasteiger partial charge in [0.1, 0.15) is 11.8 Å². The SMILES string of the molecule is CCOC(=O)C1=C(C)N=c2s/c(=C\c3cccc4ccccc34)c(=O)n2[C@@H]1c1c(OC)ccc2ccccc12. The van der Waals surface area contributed by atoms with Crippen LogP contribution in [-0.2, 0) is 9.53 Å². The fourth-order valence-corrected chi connectivity index (χ4v) is 6.36. The molecule has 6 rings (SSSR count). The number of rotatable bonds is 5. The lowest BCUT2D eigenvalue weighted by atomic mass is 9.90. The van der Waals surface area contributed by atoms with Crippen LogP contribution in [0.15, 0.2) is 99.9 Å². The topological polar surface area (TPSA) is 69.9 Å². The number of thiazole rings is 1. The van der Waals surface area contributed by atoms with Crippen molar-refractivity contribution in [3.8, 4) is 5.75 Å². The third kappa shape index (κ3) is 4.15. The molecule has 2 heterocycles. The van der Waals surface area contributed by atoms with Crippen molar-refractivity contribution < 1.29 is 14.3 Å². The van der Waals surface area contributed by atoms with E-state index in [0.29, 0.717) is 26.4 Å². The predicted octanol–water partition coefficient (Wildman–Crippen LogP) is 5.11. The van der Waals surface area contributed by atoms with Crippen LogP contribution in [0, 0.1) is 0 Å². The first kappa shape index (κ1) is 24.8. The number of hydrogen-bond donors (Lipinski definition) is 0. The van der Waals surface area contributed by atoms with Crippen LogP contribution >= 0.6 is 11.3 Å². The number of hydrogen-bond acceptors (Lipinski definition) is 6. The number of allylic oxidation sites excluding steroid dienone is 1. The van der Waals surface area contributed by atoms with Gasteiger partial charge in [-0.3, -0.25) is 9.36 Å². The molecule has 0 saturated carbocycles. The van der Waals surface area contributed by atoms with E-state index in [2.05, 4.69) is 12.1 Å². The van der Waals surface area contributed by atoms with Crippen LogP contribution in [-0.4, -0.2) is 24.3 Å². The van der Waals surface area contributed by atoms with Crippen molar-refractivity contribution in [2.45, 2.75) is 19.9 Å². The Bertz CT molecular complexity index is 1980. The van der Waals surface area contributed by atoms with Gasteiger partial charge in [0.15, 0.2) is 4.80 Å². The molecule has 1 aliphatic rings. The molecule has 0 bridgehead atoms. The van der Waals surface area contributed by atoms with E-state index in [4.69, 9.17) is 14.5 Å². The summed E-state index contributed by atoms with van der Waals surface area (Å²) in [5.74, 6) is 0.0842. The minimum Gasteiger partial charge on any atom is -0.496 e. The third-order valence-electron chi connectivity index (χ3n) is 7.05. The van der Waals surface area contributed by atoms with E-state index in [1.165, 1.54) is 11.3 Å². The standard InChI is InChI=1S/C32H26N2O4S/c1-4-38-31(36)27-19(2)33-32-34(29(27)28-24-15-8-6-11-21(24)16-17-25(28)37-3)30(35)26(39-32)18-22-13-9-12-20-10-5-7-14-23(20)22/h5-18,29H,4H2,1-3H3/b26-18-/t29-/m0/s1. The molecule has 4 aromatic carbocycles. The zero-order valence-corrected chi connectivity index (χ0v) is 22.6. The molecule has 39 heavy (non-hydrogen) atoms. The average Bonchev–Trinajstić information content (AvgIpc) is 3.26. The fourth-order valence-electron chi connectivity index (χ4n) is 5.32. The van der Waals surface area contributed by atoms with Crippen LogP contribution in [0.2, 0.25) is 0 Å². The molecular weight excluding hydrogens is 508 g/mol. The molecule has 0 amide bonds. The Labute approximate surface area is 228 Å². The summed E-state index contributed by atoms with van der Waals surface area (Å²) in [6, 6.07) is 25.1. The first-order valence-corrected chi connectivity index (χ1v) is 13.6. The van der Waals surface area contributed by atoms with Crippen LogP contribution in [0.1, 0.15) is 31.0 Å². The van der Waals surface area contributed by atoms with E-state index in [1.807, 2.05) is 72.8 Å². The molecule has 0 fully saturated rings. The Balaban J connectivity index is 1.67. The van der Waals surface area contributed by atoms with Crippen molar-refractivity contribution in [2.75, 3.05) is 13.7 Å². The highest BCUT2D eigenvalue weighted by molar-refractivity contribution is 7.07. The summed E-state index contributed by atoms with van der Waals surface area (Å²) in [6.07, 6.45) is 1.91. The Morgan fingerprint density at radius 1 is 0.974 bits per heavy atom. The lowest BCUT2D eigenvalue weighted by Gasteiger charge is -2.27. The van der Waals surface area contributed by atoms with Gasteiger partial charge in [-0.2, -0.15) is 0 Å². The summed E-state index contributed by atoms with van der Waals surface area (Å²) in [6.45, 7) is 3.76. The van der Waals surface area contributed by atoms with Crippen molar-refractivity contribution in [1.29, 1.82) is 0 Å². The van der Waals surface area contributed by atoms with E-state index in [1.54, 1.807) is 25.5 Å². The lowest BCUT2D eigenvalue weighted by Crippen LogP contribution is -2.40. The lowest BCUT2D eigenvalue weighted by molar-refractivity contribution is -0.139. The molecular formula is C32H26N2O4S. The normalized spacial score (nSPS) is 15.4. The first-order chi connectivity index (χ1) is 19.0. The van der Waals surface area contributed by atoms with Crippen LogP contribution in [0.5, 0.6) is 5.75 Å². The van der Waals surface area contributed by atoms with Gasteiger partial charge in [0.05, 0.1) is 29.5 Å². The molecule has 7 heteroatoms. The molecule has 0 saturated heterocycles. The maximum Gasteiger partial charge on any atom is 0.338 e. The van der Waals surface area contributed by atoms with Gasteiger partial charge in [0.2, 0.25) is 0 Å². The minimum atomic E-state index is -0.768. The minimum absolute atomic E-state index is 0.209. The van der Waals surface area contributed by atoms with Crippen molar-refractivity contribution >= 4 is 44.9 Å². The van der Waals surface area contributed by atoms with Crippen molar-refractivity contribution in [1.82, 2.24) is 4.57 Å². The molecule has 1 atom stereocenters. The molecule has 6 nitrogen and oxygen atoms in total. The highest BCUT2D eigenvalue weighted by atomic mass is 32.1. The summed E-state index contributed by atoms with van der Waals surface area (Å²) in [5, 5.41) is 4.02. The number of esters is 1. The number of ether oxygens (including phenoxy) is 2. The number of nitrogens with zero attached hydrogens (tertiary/aromatic N) is 2. The second-order valence-electron chi connectivity index (χ2n) is 9.27. The van der Waals surface area contributed by atoms with Crippen molar-refractivity contribution in [2.24, 2.45) is 4.99 Å². The van der Waals surface area contributed by atoms with Gasteiger partial charge >= 0.3 is 5.97 Å². The zero-order chi connectivity index (χ0) is 27.1. The Kier molecular flexibility index (Phi) is 6.37. The molecule has 0 spiro atoms. The maximum absolute atomic E-state index is 14.2. The second-order valence-corrected chi connectivity index (χ2v) is 10.3. The Morgan fingerprint density at radius 2 is 1.67 bits per heavy atom. The Hall–Kier alpha value is -4.49. The van der Waals surface area contributed by atoms with Gasteiger partial charge in [-0.1, -0.05) is 84.1 Å². The molecule has 0 radical (unpaired) electrons. The van der Waals surface area contributed by atoms with Crippen LogP contribution in [0.25, 0.3) is 27.6 Å². The number of aromatic nitrogens is 1. The molecule has 1 aliphatic heterocycles. The largest absolute Gasteiger partial charge is 0.496 e. The summed E-state index contributed by atoms with van der Waals surface area (Å²) in [4.78, 5) is 32.8. The molecule has 0 N–H and O–H groups in total. The van der Waals surface area contributed by atoms with Crippen LogP contribution in [0.3, 0.4) is 0 Å². The summed E-state index contributed by atoms with van der Waals surface area (Å²) in [7, 11) is 1.60. The van der Waals surface area contributed by atoms with Gasteiger partial charge in [0.25, 0.3) is 5.56 Å². The molecule has 5 aromatic rings. The summed E-state index contributed by atoms with van der Waals surface area (Å²) >= 11 is 1.31. The van der Waals surface area contributed by atoms with E-state index in [-0.39, 0.29) is 12.2 Å². The maximum atomic E-state index is 14.2. The van der Waals surface area contributed by atoms with E-state index in [9.17, 15) is 9.59 Å². The molecule has 194 valence electrons. The monoisotopic (exact) mass is 534 g/mol. The highest BCUT2D eigenvalue weighted by Gasteiger charge is 2.36. The van der Waals surface area contributed by atoms with Gasteiger partial charge in [-0.05, 0) is 53.1 Å². The van der Waals surface area contributed by atoms with E-state index in [0.717, 1.165) is 32.7 Å². The molecule has 1 aromatic heterocycles. The van der Waals surface area contributed by atoms with E-state index >= 15 is 0 Å². The summed E-state index contributed by atoms with van der Waals surface area (Å²) < 4.78 is 13.4. The zero-order valence-electron chi connectivity index (χ0n) is 21.8. The van der Waals surface area contributed by atoms with Gasteiger partial charge in [-0.15, -0.1) is 0 Å². The number of carbonyl (C=O) groups is 1. The van der Waals surface area contributed by atoms with Gasteiger partial charge in [-0.25, -0.2) is 9.79 Å². The number of benzene rings is 4. The number of carbonyl (C=O) groups excluding carboxylic acids is 1.